The fourth-order valence-corrected chi connectivity index (χ4v) is 20.3. The van der Waals surface area contributed by atoms with E-state index in [2.05, 4.69) is 46.8 Å². The van der Waals surface area contributed by atoms with Gasteiger partial charge in [-0.2, -0.15) is 0 Å². The molecule has 0 aliphatic heterocycles. The fraction of sp³-hybridized carbons (Fsp3) is 0.696. The minimum absolute atomic E-state index is 0.422. The van der Waals surface area contributed by atoms with Crippen LogP contribution in [0.25, 0.3) is 5.65 Å². The Kier molecular flexibility index (Phi) is 9.44. The first kappa shape index (κ1) is 25.0. The predicted molar refractivity (Wildman–Crippen MR) is 127 cm³/mol. The van der Waals surface area contributed by atoms with Crippen molar-refractivity contribution in [3.63, 3.8) is 0 Å². The van der Waals surface area contributed by atoms with Crippen LogP contribution in [0.5, 0.6) is 0 Å². The van der Waals surface area contributed by atoms with E-state index in [-0.39, 0.29) is 0 Å². The Bertz CT molecular complexity index is 791. The summed E-state index contributed by atoms with van der Waals surface area (Å²) in [6.45, 7) is 12.5. The molecule has 0 fully saturated rings. The van der Waals surface area contributed by atoms with Crippen LogP contribution < -0.4 is 9.03 Å². The standard InChI is InChI=1S/C11H13N4O2.3C4H9.Sn/c1-11(2,3)17-10(16)14-8-4-5-15-9(6-8)12-7-13-15;3*1-3-4-2;/h4,6-7H,1-3H3,(H,14,16);3*1,3-4H2,2H3;. The Labute approximate surface area is 186 Å². The first-order chi connectivity index (χ1) is 14.2. The maximum atomic E-state index is 12.4. The first-order valence-corrected chi connectivity index (χ1v) is 19.1. The number of pyridine rings is 1. The molecule has 0 aliphatic rings. The van der Waals surface area contributed by atoms with E-state index in [9.17, 15) is 4.79 Å². The van der Waals surface area contributed by atoms with E-state index in [1.807, 2.05) is 26.8 Å². The van der Waals surface area contributed by atoms with Crippen molar-refractivity contribution in [2.45, 2.75) is 99.0 Å². The number of carbonyl (C=O) groups excluding carboxylic acids is 1. The third-order valence-electron chi connectivity index (χ3n) is 5.59. The van der Waals surface area contributed by atoms with Crippen LogP contribution in [-0.2, 0) is 4.74 Å². The number of carbonyl (C=O) groups is 1. The van der Waals surface area contributed by atoms with Gasteiger partial charge in [-0.3, -0.25) is 0 Å². The third-order valence-corrected chi connectivity index (χ3v) is 20.9. The number of nitrogens with zero attached hydrogens (tertiary/aromatic N) is 3. The molecule has 0 saturated heterocycles. The van der Waals surface area contributed by atoms with Gasteiger partial charge in [-0.15, -0.1) is 0 Å². The van der Waals surface area contributed by atoms with E-state index < -0.39 is 30.1 Å². The van der Waals surface area contributed by atoms with Crippen molar-refractivity contribution in [1.82, 2.24) is 14.6 Å². The molecule has 2 heterocycles. The molecule has 30 heavy (non-hydrogen) atoms. The molecule has 0 aromatic carbocycles. The quantitative estimate of drug-likeness (QED) is 0.360. The molecule has 0 radical (unpaired) electrons. The first-order valence-electron chi connectivity index (χ1n) is 11.6. The minimum atomic E-state index is -2.77. The monoisotopic (exact) mass is 524 g/mol. The molecular weight excluding hydrogens is 483 g/mol. The zero-order valence-electron chi connectivity index (χ0n) is 19.8. The van der Waals surface area contributed by atoms with Crippen LogP contribution in [0.2, 0.25) is 13.3 Å². The number of ether oxygens (including phenoxy) is 1. The number of nitrogens with one attached hydrogen (secondary N) is 1. The Hall–Kier alpha value is -1.31. The number of amides is 1. The Morgan fingerprint density at radius 2 is 1.60 bits per heavy atom. The number of fused-ring (bicyclic) bond motifs is 1. The zero-order chi connectivity index (χ0) is 22.2. The summed E-state index contributed by atoms with van der Waals surface area (Å²) >= 11 is -2.77. The second-order valence-corrected chi connectivity index (χ2v) is 22.4. The molecule has 0 aliphatic carbocycles. The van der Waals surface area contributed by atoms with Crippen LogP contribution in [0.15, 0.2) is 18.5 Å². The van der Waals surface area contributed by atoms with Crippen molar-refractivity contribution in [2.75, 3.05) is 5.32 Å². The SMILES string of the molecule is CCC[CH2][Sn]([CH2]CCC)([CH2]CCC)[c]1cc(NC(=O)OC(C)(C)C)cc2ncnn12. The van der Waals surface area contributed by atoms with Crippen molar-refractivity contribution < 1.29 is 9.53 Å². The van der Waals surface area contributed by atoms with E-state index in [4.69, 9.17) is 4.74 Å². The molecule has 0 unspecified atom stereocenters. The Morgan fingerprint density at radius 1 is 1.03 bits per heavy atom. The van der Waals surface area contributed by atoms with Crippen molar-refractivity contribution in [1.29, 1.82) is 0 Å². The molecule has 0 saturated carbocycles. The van der Waals surface area contributed by atoms with E-state index in [1.165, 1.54) is 55.5 Å². The predicted octanol–water partition coefficient (Wildman–Crippen LogP) is 6.13. The number of hydrogen-bond acceptors (Lipinski definition) is 4. The number of hydrogen-bond donors (Lipinski definition) is 1. The molecular formula is C23H40N4O2Sn. The summed E-state index contributed by atoms with van der Waals surface area (Å²) in [4.78, 5) is 16.9. The van der Waals surface area contributed by atoms with Gasteiger partial charge in [-0.1, -0.05) is 0 Å². The average molecular weight is 523 g/mol. The topological polar surface area (TPSA) is 68.5 Å². The van der Waals surface area contributed by atoms with Crippen molar-refractivity contribution >= 4 is 39.5 Å². The number of unbranched alkanes of at least 4 members (excludes halogenated alkanes) is 3. The Morgan fingerprint density at radius 3 is 2.10 bits per heavy atom. The molecule has 2 rings (SSSR count). The third kappa shape index (κ3) is 6.85. The summed E-state index contributed by atoms with van der Waals surface area (Å²) in [5, 5.41) is 7.56. The van der Waals surface area contributed by atoms with Crippen LogP contribution in [0, 0.1) is 0 Å². The second-order valence-electron chi connectivity index (χ2n) is 9.38. The van der Waals surface area contributed by atoms with Crippen LogP contribution in [0.4, 0.5) is 10.5 Å². The molecule has 0 spiro atoms. The van der Waals surface area contributed by atoms with Crippen LogP contribution in [-0.4, -0.2) is 44.7 Å². The second kappa shape index (κ2) is 11.3. The molecule has 6 nitrogen and oxygen atoms in total. The van der Waals surface area contributed by atoms with Crippen LogP contribution in [0.1, 0.15) is 80.1 Å². The summed E-state index contributed by atoms with van der Waals surface area (Å²) in [7, 11) is 0. The Balaban J connectivity index is 2.52. The molecule has 2 aromatic rings. The molecule has 7 heteroatoms. The van der Waals surface area contributed by atoms with Gasteiger partial charge in [-0.05, 0) is 0 Å². The van der Waals surface area contributed by atoms with E-state index in [0.29, 0.717) is 0 Å². The maximum absolute atomic E-state index is 12.4. The average Bonchev–Trinajstić information content (AvgIpc) is 3.14. The summed E-state index contributed by atoms with van der Waals surface area (Å²) in [6, 6.07) is 4.08. The molecule has 1 N–H and O–H groups in total. The van der Waals surface area contributed by atoms with Gasteiger partial charge in [-0.25, -0.2) is 0 Å². The molecule has 1 amide bonds. The van der Waals surface area contributed by atoms with Crippen molar-refractivity contribution in [2.24, 2.45) is 0 Å². The van der Waals surface area contributed by atoms with Gasteiger partial charge in [0.1, 0.15) is 0 Å². The number of rotatable bonds is 11. The summed E-state index contributed by atoms with van der Waals surface area (Å²) < 4.78 is 12.9. The zero-order valence-corrected chi connectivity index (χ0v) is 22.6. The van der Waals surface area contributed by atoms with E-state index >= 15 is 0 Å². The van der Waals surface area contributed by atoms with Crippen molar-refractivity contribution in [3.05, 3.63) is 18.5 Å². The van der Waals surface area contributed by atoms with Gasteiger partial charge in [0.15, 0.2) is 0 Å². The van der Waals surface area contributed by atoms with Gasteiger partial charge < -0.3 is 0 Å². The van der Waals surface area contributed by atoms with Crippen LogP contribution >= 0.6 is 0 Å². The molecule has 2 aromatic heterocycles. The summed E-state index contributed by atoms with van der Waals surface area (Å²) in [5.41, 5.74) is 1.05. The number of aromatic nitrogens is 3. The van der Waals surface area contributed by atoms with Gasteiger partial charge in [0.05, 0.1) is 0 Å². The van der Waals surface area contributed by atoms with Crippen molar-refractivity contribution in [3.8, 4) is 0 Å². The molecule has 0 bridgehead atoms. The van der Waals surface area contributed by atoms with Gasteiger partial charge >= 0.3 is 186 Å². The molecule has 168 valence electrons. The summed E-state index contributed by atoms with van der Waals surface area (Å²) in [6.07, 6.45) is 8.66. The number of anilines is 1. The summed E-state index contributed by atoms with van der Waals surface area (Å²) in [5.74, 6) is 0. The van der Waals surface area contributed by atoms with Gasteiger partial charge in [0.25, 0.3) is 0 Å². The van der Waals surface area contributed by atoms with E-state index in [0.717, 1.165) is 11.3 Å². The van der Waals surface area contributed by atoms with Gasteiger partial charge in [0, 0.05) is 0 Å². The van der Waals surface area contributed by atoms with Crippen LogP contribution in [0.3, 0.4) is 0 Å². The molecule has 0 atom stereocenters. The van der Waals surface area contributed by atoms with Gasteiger partial charge in [0.2, 0.25) is 0 Å². The van der Waals surface area contributed by atoms with E-state index in [1.54, 1.807) is 6.33 Å². The normalized spacial score (nSPS) is 12.3. The fourth-order valence-electron chi connectivity index (χ4n) is 4.10.